The number of rotatable bonds is 3. The molecule has 4 aromatic rings. The largest absolute Gasteiger partial charge is 0.455 e. The first kappa shape index (κ1) is 20.0. The van der Waals surface area contributed by atoms with Crippen LogP contribution in [0, 0.1) is 0 Å². The molecule has 0 aliphatic carbocycles. The highest BCUT2D eigenvalue weighted by Gasteiger charge is 2.26. The van der Waals surface area contributed by atoms with Crippen molar-refractivity contribution in [2.75, 3.05) is 4.90 Å². The van der Waals surface area contributed by atoms with E-state index in [1.54, 1.807) is 35.5 Å². The lowest BCUT2D eigenvalue weighted by Crippen LogP contribution is -2.29. The van der Waals surface area contributed by atoms with Crippen LogP contribution in [-0.2, 0) is 6.54 Å². The fourth-order valence-corrected chi connectivity index (χ4v) is 3.80. The minimum absolute atomic E-state index is 0.113. The number of para-hydroxylation sites is 1. The van der Waals surface area contributed by atoms with Gasteiger partial charge in [0.2, 0.25) is 0 Å². The van der Waals surface area contributed by atoms with E-state index in [4.69, 9.17) is 16.3 Å². The molecule has 0 N–H and O–H groups in total. The lowest BCUT2D eigenvalue weighted by atomic mass is 10.1. The van der Waals surface area contributed by atoms with Gasteiger partial charge in [0.15, 0.2) is 5.75 Å². The van der Waals surface area contributed by atoms with E-state index in [0.717, 1.165) is 22.4 Å². The summed E-state index contributed by atoms with van der Waals surface area (Å²) in [5.74, 6) is 1.23. The Morgan fingerprint density at radius 3 is 2.38 bits per heavy atom. The van der Waals surface area contributed by atoms with Gasteiger partial charge in [-0.3, -0.25) is 9.78 Å². The van der Waals surface area contributed by atoms with E-state index in [-0.39, 0.29) is 5.91 Å². The molecule has 0 saturated heterocycles. The fraction of sp³-hybridized carbons (Fsp3) is 0.0370. The summed E-state index contributed by atoms with van der Waals surface area (Å²) < 4.78 is 6.10. The Morgan fingerprint density at radius 1 is 0.875 bits per heavy atom. The average Bonchev–Trinajstić information content (AvgIpc) is 3.00. The Balaban J connectivity index is 1.45. The van der Waals surface area contributed by atoms with Crippen molar-refractivity contribution in [1.82, 2.24) is 4.98 Å². The predicted octanol–water partition coefficient (Wildman–Crippen LogP) is 6.86. The monoisotopic (exact) mass is 438 g/mol. The van der Waals surface area contributed by atoms with Crippen LogP contribution in [0.1, 0.15) is 27.0 Å². The van der Waals surface area contributed by atoms with Crippen molar-refractivity contribution < 1.29 is 9.53 Å². The van der Waals surface area contributed by atoms with E-state index >= 15 is 0 Å². The molecule has 0 bridgehead atoms. The molecule has 0 unspecified atom stereocenters. The smallest absolute Gasteiger partial charge is 0.258 e. The highest BCUT2D eigenvalue weighted by Crippen LogP contribution is 2.40. The maximum absolute atomic E-state index is 13.5. The van der Waals surface area contributed by atoms with Gasteiger partial charge in [-0.2, -0.15) is 0 Å². The van der Waals surface area contributed by atoms with Gasteiger partial charge in [-0.15, -0.1) is 0 Å². The van der Waals surface area contributed by atoms with E-state index < -0.39 is 0 Å². The third-order valence-corrected chi connectivity index (χ3v) is 5.54. The minimum atomic E-state index is -0.113. The van der Waals surface area contributed by atoms with Crippen LogP contribution in [0.5, 0.6) is 11.5 Å². The molecule has 5 heteroatoms. The quantitative estimate of drug-likeness (QED) is 0.351. The van der Waals surface area contributed by atoms with Crippen LogP contribution in [0.25, 0.3) is 12.2 Å². The molecule has 32 heavy (non-hydrogen) atoms. The number of pyridine rings is 1. The summed E-state index contributed by atoms with van der Waals surface area (Å²) >= 11 is 6.26. The summed E-state index contributed by atoms with van der Waals surface area (Å²) in [7, 11) is 0. The molecule has 0 spiro atoms. The number of carbonyl (C=O) groups excluding carboxylic acids is 1. The molecule has 0 radical (unpaired) electrons. The van der Waals surface area contributed by atoms with Crippen LogP contribution in [0.3, 0.4) is 0 Å². The van der Waals surface area contributed by atoms with E-state index in [9.17, 15) is 4.79 Å². The lowest BCUT2D eigenvalue weighted by Gasteiger charge is -2.22. The Bertz CT molecular complexity index is 1300. The summed E-state index contributed by atoms with van der Waals surface area (Å²) in [5, 5.41) is 0.549. The Morgan fingerprint density at radius 2 is 1.59 bits per heavy atom. The van der Waals surface area contributed by atoms with E-state index in [0.29, 0.717) is 28.6 Å². The lowest BCUT2D eigenvalue weighted by molar-refractivity contribution is 0.0985. The van der Waals surface area contributed by atoms with Crippen molar-refractivity contribution in [3.63, 3.8) is 0 Å². The number of aromatic nitrogens is 1. The maximum Gasteiger partial charge on any atom is 0.258 e. The third kappa shape index (κ3) is 4.13. The molecule has 4 nitrogen and oxygen atoms in total. The number of amides is 1. The Hall–Kier alpha value is -3.89. The number of halogens is 1. The number of carbonyl (C=O) groups is 1. The zero-order chi connectivity index (χ0) is 21.9. The van der Waals surface area contributed by atoms with Crippen LogP contribution < -0.4 is 9.64 Å². The number of hydrogen-bond acceptors (Lipinski definition) is 3. The van der Waals surface area contributed by atoms with Gasteiger partial charge >= 0.3 is 0 Å². The first-order valence-corrected chi connectivity index (χ1v) is 10.6. The van der Waals surface area contributed by atoms with Gasteiger partial charge in [-0.05, 0) is 59.7 Å². The average molecular weight is 439 g/mol. The second-order valence-electron chi connectivity index (χ2n) is 7.45. The fourth-order valence-electron chi connectivity index (χ4n) is 3.64. The standard InChI is InChI=1S/C27H19ClN2O2/c28-23-11-12-26-24(17-23)30(18-22-3-1-2-4-25(22)32-26)27(31)21-9-7-19(8-10-21)5-6-20-13-15-29-16-14-20/h1-17H,18H2. The number of benzene rings is 3. The molecular formula is C27H19ClN2O2. The van der Waals surface area contributed by atoms with E-state index in [1.807, 2.05) is 72.8 Å². The number of nitrogens with zero attached hydrogens (tertiary/aromatic N) is 2. The second-order valence-corrected chi connectivity index (χ2v) is 7.89. The van der Waals surface area contributed by atoms with Crippen LogP contribution in [0.15, 0.2) is 91.3 Å². The van der Waals surface area contributed by atoms with Crippen LogP contribution in [-0.4, -0.2) is 10.9 Å². The minimum Gasteiger partial charge on any atom is -0.455 e. The molecule has 2 heterocycles. The summed E-state index contributed by atoms with van der Waals surface area (Å²) in [5.41, 5.74) is 4.25. The SMILES string of the molecule is O=C(c1ccc(C=Cc2ccncc2)cc1)N1Cc2ccccc2Oc2ccc(Cl)cc21. The van der Waals surface area contributed by atoms with Gasteiger partial charge in [-0.1, -0.05) is 54.1 Å². The molecule has 3 aromatic carbocycles. The van der Waals surface area contributed by atoms with E-state index in [1.165, 1.54) is 0 Å². The third-order valence-electron chi connectivity index (χ3n) is 5.31. The van der Waals surface area contributed by atoms with Gasteiger partial charge in [0.05, 0.1) is 12.2 Å². The zero-order valence-corrected chi connectivity index (χ0v) is 17.9. The van der Waals surface area contributed by atoms with Crippen LogP contribution in [0.2, 0.25) is 5.02 Å². The van der Waals surface area contributed by atoms with Crippen LogP contribution in [0.4, 0.5) is 5.69 Å². The number of fused-ring (bicyclic) bond motifs is 2. The first-order valence-electron chi connectivity index (χ1n) is 10.2. The second kappa shape index (κ2) is 8.69. The van der Waals surface area contributed by atoms with Crippen molar-refractivity contribution in [3.8, 4) is 11.5 Å². The maximum atomic E-state index is 13.5. The molecule has 1 aromatic heterocycles. The zero-order valence-electron chi connectivity index (χ0n) is 17.1. The molecule has 0 atom stereocenters. The highest BCUT2D eigenvalue weighted by atomic mass is 35.5. The van der Waals surface area contributed by atoms with Crippen molar-refractivity contribution in [1.29, 1.82) is 0 Å². The molecule has 1 amide bonds. The van der Waals surface area contributed by atoms with Gasteiger partial charge in [0.25, 0.3) is 5.91 Å². The first-order chi connectivity index (χ1) is 15.7. The summed E-state index contributed by atoms with van der Waals surface area (Å²) in [6, 6.07) is 24.5. The van der Waals surface area contributed by atoms with Crippen LogP contribution >= 0.6 is 11.6 Å². The normalized spacial score (nSPS) is 12.6. The summed E-state index contributed by atoms with van der Waals surface area (Å²) in [4.78, 5) is 19.3. The molecule has 156 valence electrons. The van der Waals surface area contributed by atoms with Gasteiger partial charge < -0.3 is 9.64 Å². The molecular weight excluding hydrogens is 420 g/mol. The molecule has 0 saturated carbocycles. The molecule has 5 rings (SSSR count). The Labute approximate surface area is 191 Å². The van der Waals surface area contributed by atoms with Gasteiger partial charge in [-0.25, -0.2) is 0 Å². The number of ether oxygens (including phenoxy) is 1. The van der Waals surface area contributed by atoms with Crippen molar-refractivity contribution >= 4 is 35.3 Å². The summed E-state index contributed by atoms with van der Waals surface area (Å²) in [6.07, 6.45) is 7.54. The number of hydrogen-bond donors (Lipinski definition) is 0. The Kier molecular flexibility index (Phi) is 5.44. The number of anilines is 1. The summed E-state index contributed by atoms with van der Waals surface area (Å²) in [6.45, 7) is 0.395. The molecule has 1 aliphatic heterocycles. The highest BCUT2D eigenvalue weighted by molar-refractivity contribution is 6.31. The van der Waals surface area contributed by atoms with Crippen molar-refractivity contribution in [3.05, 3.63) is 119 Å². The molecule has 1 aliphatic rings. The molecule has 0 fully saturated rings. The van der Waals surface area contributed by atoms with E-state index in [2.05, 4.69) is 4.98 Å². The topological polar surface area (TPSA) is 42.4 Å². The van der Waals surface area contributed by atoms with Crippen molar-refractivity contribution in [2.24, 2.45) is 0 Å². The van der Waals surface area contributed by atoms with Crippen molar-refractivity contribution in [2.45, 2.75) is 6.54 Å². The predicted molar refractivity (Wildman–Crippen MR) is 128 cm³/mol. The van der Waals surface area contributed by atoms with Gasteiger partial charge in [0, 0.05) is 28.5 Å². The van der Waals surface area contributed by atoms with Gasteiger partial charge in [0.1, 0.15) is 5.75 Å².